The minimum atomic E-state index is 0.621. The molecule has 0 amide bonds. The predicted molar refractivity (Wildman–Crippen MR) is 66.7 cm³/mol. The second-order valence-corrected chi connectivity index (χ2v) is 4.63. The summed E-state index contributed by atoms with van der Waals surface area (Å²) in [6, 6.07) is 0.621. The van der Waals surface area contributed by atoms with Crippen LogP contribution in [0, 0.1) is 17.8 Å². The molecule has 15 heavy (non-hydrogen) atoms. The van der Waals surface area contributed by atoms with Crippen LogP contribution in [-0.2, 0) is 0 Å². The molecule has 0 radical (unpaired) electrons. The monoisotopic (exact) mass is 207 g/mol. The molecule has 1 aliphatic rings. The van der Waals surface area contributed by atoms with Crippen molar-refractivity contribution in [3.8, 4) is 11.8 Å². The SMILES string of the molecule is CC#CCC(NC)C1CCCCCCC1. The highest BCUT2D eigenvalue weighted by Gasteiger charge is 2.19. The normalized spacial score (nSPS) is 20.9. The van der Waals surface area contributed by atoms with Crippen molar-refractivity contribution in [3.63, 3.8) is 0 Å². The van der Waals surface area contributed by atoms with Gasteiger partial charge in [0.2, 0.25) is 0 Å². The van der Waals surface area contributed by atoms with Gasteiger partial charge in [0.05, 0.1) is 0 Å². The van der Waals surface area contributed by atoms with Gasteiger partial charge in [-0.05, 0) is 32.7 Å². The molecule has 0 saturated heterocycles. The Morgan fingerprint density at radius 3 is 2.27 bits per heavy atom. The maximum Gasteiger partial charge on any atom is 0.0245 e. The van der Waals surface area contributed by atoms with Crippen molar-refractivity contribution >= 4 is 0 Å². The molecule has 0 aromatic rings. The first kappa shape index (κ1) is 12.6. The summed E-state index contributed by atoms with van der Waals surface area (Å²) in [6.07, 6.45) is 11.0. The van der Waals surface area contributed by atoms with Crippen LogP contribution in [0.1, 0.15) is 58.3 Å². The number of hydrogen-bond acceptors (Lipinski definition) is 1. The van der Waals surface area contributed by atoms with Gasteiger partial charge in [-0.3, -0.25) is 0 Å². The number of nitrogens with one attached hydrogen (secondary N) is 1. The first-order valence-electron chi connectivity index (χ1n) is 6.45. The van der Waals surface area contributed by atoms with E-state index >= 15 is 0 Å². The van der Waals surface area contributed by atoms with Crippen molar-refractivity contribution in [2.24, 2.45) is 5.92 Å². The van der Waals surface area contributed by atoms with E-state index in [9.17, 15) is 0 Å². The first-order valence-corrected chi connectivity index (χ1v) is 6.45. The predicted octanol–water partition coefficient (Wildman–Crippen LogP) is 3.35. The average molecular weight is 207 g/mol. The summed E-state index contributed by atoms with van der Waals surface area (Å²) in [7, 11) is 2.08. The van der Waals surface area contributed by atoms with Gasteiger partial charge in [-0.2, -0.15) is 0 Å². The zero-order valence-electron chi connectivity index (χ0n) is 10.3. The van der Waals surface area contributed by atoms with Gasteiger partial charge in [-0.25, -0.2) is 0 Å². The number of rotatable bonds is 3. The zero-order valence-corrected chi connectivity index (χ0v) is 10.3. The lowest BCUT2D eigenvalue weighted by Gasteiger charge is -2.27. The molecule has 0 aliphatic heterocycles. The summed E-state index contributed by atoms with van der Waals surface area (Å²) in [5, 5.41) is 3.45. The maximum absolute atomic E-state index is 3.45. The molecule has 1 heteroatoms. The van der Waals surface area contributed by atoms with E-state index < -0.39 is 0 Å². The second-order valence-electron chi connectivity index (χ2n) is 4.63. The van der Waals surface area contributed by atoms with Crippen LogP contribution in [0.2, 0.25) is 0 Å². The van der Waals surface area contributed by atoms with Gasteiger partial charge < -0.3 is 5.32 Å². The average Bonchev–Trinajstić information content (AvgIpc) is 2.21. The highest BCUT2D eigenvalue weighted by Crippen LogP contribution is 2.25. The molecule has 0 spiro atoms. The van der Waals surface area contributed by atoms with Crippen molar-refractivity contribution in [2.75, 3.05) is 7.05 Å². The molecule has 1 rings (SSSR count). The Kier molecular flexibility index (Phi) is 6.52. The standard InChI is InChI=1S/C14H25N/c1-3-4-12-14(15-2)13-10-8-6-5-7-9-11-13/h13-15H,5-12H2,1-2H3. The third-order valence-electron chi connectivity index (χ3n) is 3.59. The molecule has 1 aliphatic carbocycles. The van der Waals surface area contributed by atoms with Gasteiger partial charge in [-0.1, -0.05) is 32.1 Å². The minimum Gasteiger partial charge on any atom is -0.316 e. The van der Waals surface area contributed by atoms with Gasteiger partial charge >= 0.3 is 0 Å². The molecular weight excluding hydrogens is 182 g/mol. The third kappa shape index (κ3) is 4.71. The summed E-state index contributed by atoms with van der Waals surface area (Å²) in [6.45, 7) is 1.94. The summed E-state index contributed by atoms with van der Waals surface area (Å²) in [4.78, 5) is 0. The van der Waals surface area contributed by atoms with Gasteiger partial charge in [0.25, 0.3) is 0 Å². The Balaban J connectivity index is 2.42. The van der Waals surface area contributed by atoms with Crippen molar-refractivity contribution in [2.45, 2.75) is 64.3 Å². The van der Waals surface area contributed by atoms with E-state index in [1.165, 1.54) is 44.9 Å². The summed E-state index contributed by atoms with van der Waals surface area (Å²) in [5.41, 5.74) is 0. The minimum absolute atomic E-state index is 0.621. The largest absolute Gasteiger partial charge is 0.316 e. The Morgan fingerprint density at radius 1 is 1.13 bits per heavy atom. The molecule has 86 valence electrons. The zero-order chi connectivity index (χ0) is 10.9. The highest BCUT2D eigenvalue weighted by molar-refractivity contribution is 4.99. The number of hydrogen-bond donors (Lipinski definition) is 1. The Bertz CT molecular complexity index is 203. The third-order valence-corrected chi connectivity index (χ3v) is 3.59. The van der Waals surface area contributed by atoms with E-state index in [0.29, 0.717) is 6.04 Å². The Morgan fingerprint density at radius 2 is 1.73 bits per heavy atom. The Hall–Kier alpha value is -0.480. The highest BCUT2D eigenvalue weighted by atomic mass is 14.9. The van der Waals surface area contributed by atoms with Gasteiger partial charge in [0.15, 0.2) is 0 Å². The van der Waals surface area contributed by atoms with E-state index in [1.54, 1.807) is 0 Å². The molecule has 1 atom stereocenters. The molecule has 0 bridgehead atoms. The van der Waals surface area contributed by atoms with E-state index in [-0.39, 0.29) is 0 Å². The molecule has 1 unspecified atom stereocenters. The van der Waals surface area contributed by atoms with E-state index in [4.69, 9.17) is 0 Å². The first-order chi connectivity index (χ1) is 7.38. The van der Waals surface area contributed by atoms with Gasteiger partial charge in [0.1, 0.15) is 0 Å². The topological polar surface area (TPSA) is 12.0 Å². The quantitative estimate of drug-likeness (QED) is 0.700. The van der Waals surface area contributed by atoms with Crippen LogP contribution in [0.15, 0.2) is 0 Å². The maximum atomic E-state index is 3.45. The molecule has 1 N–H and O–H groups in total. The van der Waals surface area contributed by atoms with Gasteiger partial charge in [-0.15, -0.1) is 11.8 Å². The lowest BCUT2D eigenvalue weighted by molar-refractivity contribution is 0.298. The van der Waals surface area contributed by atoms with Crippen LogP contribution in [0.5, 0.6) is 0 Å². The lowest BCUT2D eigenvalue weighted by atomic mass is 9.84. The van der Waals surface area contributed by atoms with Crippen LogP contribution in [0.25, 0.3) is 0 Å². The summed E-state index contributed by atoms with van der Waals surface area (Å²) >= 11 is 0. The smallest absolute Gasteiger partial charge is 0.0245 e. The fourth-order valence-corrected chi connectivity index (χ4v) is 2.61. The lowest BCUT2D eigenvalue weighted by Crippen LogP contribution is -2.33. The van der Waals surface area contributed by atoms with Crippen LogP contribution < -0.4 is 5.32 Å². The fourth-order valence-electron chi connectivity index (χ4n) is 2.61. The van der Waals surface area contributed by atoms with Crippen molar-refractivity contribution in [1.29, 1.82) is 0 Å². The summed E-state index contributed by atoms with van der Waals surface area (Å²) in [5.74, 6) is 7.09. The fraction of sp³-hybridized carbons (Fsp3) is 0.857. The molecule has 0 heterocycles. The molecule has 0 aromatic heterocycles. The van der Waals surface area contributed by atoms with Crippen LogP contribution in [0.4, 0.5) is 0 Å². The van der Waals surface area contributed by atoms with Crippen molar-refractivity contribution in [3.05, 3.63) is 0 Å². The second kappa shape index (κ2) is 7.77. The molecule has 0 aromatic carbocycles. The Labute approximate surface area is 95.0 Å². The van der Waals surface area contributed by atoms with Crippen molar-refractivity contribution < 1.29 is 0 Å². The van der Waals surface area contributed by atoms with E-state index in [1.807, 2.05) is 6.92 Å². The molecule has 1 saturated carbocycles. The van der Waals surface area contributed by atoms with Crippen molar-refractivity contribution in [1.82, 2.24) is 5.32 Å². The molecular formula is C14H25N. The van der Waals surface area contributed by atoms with E-state index in [2.05, 4.69) is 24.2 Å². The molecule has 1 fully saturated rings. The molecule has 1 nitrogen and oxygen atoms in total. The van der Waals surface area contributed by atoms with Crippen LogP contribution in [0.3, 0.4) is 0 Å². The van der Waals surface area contributed by atoms with Crippen LogP contribution >= 0.6 is 0 Å². The van der Waals surface area contributed by atoms with Gasteiger partial charge in [0, 0.05) is 12.5 Å². The van der Waals surface area contributed by atoms with Crippen LogP contribution in [-0.4, -0.2) is 13.1 Å². The summed E-state index contributed by atoms with van der Waals surface area (Å²) < 4.78 is 0. The van der Waals surface area contributed by atoms with E-state index in [0.717, 1.165) is 12.3 Å².